The number of aromatic nitrogens is 3. The van der Waals surface area contributed by atoms with E-state index in [0.29, 0.717) is 12.5 Å². The highest BCUT2D eigenvalue weighted by Gasteiger charge is 2.12. The van der Waals surface area contributed by atoms with Gasteiger partial charge in [-0.15, -0.1) is 10.2 Å². The highest BCUT2D eigenvalue weighted by molar-refractivity contribution is 6.30. The van der Waals surface area contributed by atoms with Crippen LogP contribution in [0.5, 0.6) is 0 Å². The Kier molecular flexibility index (Phi) is 4.56. The van der Waals surface area contributed by atoms with Gasteiger partial charge in [0.25, 0.3) is 0 Å². The van der Waals surface area contributed by atoms with Crippen LogP contribution in [0.25, 0.3) is 0 Å². The van der Waals surface area contributed by atoms with Crippen molar-refractivity contribution in [3.05, 3.63) is 46.5 Å². The Hall–Kier alpha value is -1.39. The summed E-state index contributed by atoms with van der Waals surface area (Å²) in [7, 11) is 0. The molecule has 1 aromatic carbocycles. The number of nitrogens with two attached hydrogens (primary N) is 1. The summed E-state index contributed by atoms with van der Waals surface area (Å²) in [4.78, 5) is 0. The molecule has 1 aromatic heterocycles. The molecule has 0 radical (unpaired) electrons. The molecule has 5 heteroatoms. The van der Waals surface area contributed by atoms with E-state index in [-0.39, 0.29) is 0 Å². The summed E-state index contributed by atoms with van der Waals surface area (Å²) in [5, 5.41) is 9.17. The highest BCUT2D eigenvalue weighted by atomic mass is 35.5. The van der Waals surface area contributed by atoms with Gasteiger partial charge in [0, 0.05) is 18.0 Å². The number of benzene rings is 1. The zero-order valence-corrected chi connectivity index (χ0v) is 12.1. The van der Waals surface area contributed by atoms with E-state index in [1.54, 1.807) is 0 Å². The van der Waals surface area contributed by atoms with Gasteiger partial charge in [0.2, 0.25) is 0 Å². The summed E-state index contributed by atoms with van der Waals surface area (Å²) >= 11 is 5.89. The van der Waals surface area contributed by atoms with E-state index in [9.17, 15) is 0 Å². The number of hydrogen-bond donors (Lipinski definition) is 1. The molecule has 4 nitrogen and oxygen atoms in total. The van der Waals surface area contributed by atoms with Gasteiger partial charge in [-0.05, 0) is 23.6 Å². The largest absolute Gasteiger partial charge is 0.324 e. The van der Waals surface area contributed by atoms with Gasteiger partial charge in [0.05, 0.1) is 6.54 Å². The molecule has 102 valence electrons. The Balaban J connectivity index is 2.24. The Morgan fingerprint density at radius 2 is 1.79 bits per heavy atom. The second kappa shape index (κ2) is 6.17. The molecule has 0 amide bonds. The van der Waals surface area contributed by atoms with Crippen LogP contribution in [0.2, 0.25) is 5.02 Å². The zero-order valence-electron chi connectivity index (χ0n) is 11.3. The molecule has 2 N–H and O–H groups in total. The van der Waals surface area contributed by atoms with Crippen molar-refractivity contribution in [2.75, 3.05) is 0 Å². The van der Waals surface area contributed by atoms with Gasteiger partial charge in [-0.1, -0.05) is 37.6 Å². The lowest BCUT2D eigenvalue weighted by Gasteiger charge is -2.12. The van der Waals surface area contributed by atoms with Crippen molar-refractivity contribution in [1.82, 2.24) is 14.8 Å². The average Bonchev–Trinajstić information content (AvgIpc) is 2.74. The Labute approximate surface area is 118 Å². The molecule has 0 bridgehead atoms. The fourth-order valence-corrected chi connectivity index (χ4v) is 2.14. The first-order valence-corrected chi connectivity index (χ1v) is 6.83. The molecule has 2 aromatic rings. The van der Waals surface area contributed by atoms with Crippen LogP contribution in [0.3, 0.4) is 0 Å². The van der Waals surface area contributed by atoms with Gasteiger partial charge in [-0.3, -0.25) is 0 Å². The number of rotatable bonds is 5. The van der Waals surface area contributed by atoms with E-state index >= 15 is 0 Å². The number of hydrogen-bond acceptors (Lipinski definition) is 3. The molecule has 0 spiro atoms. The van der Waals surface area contributed by atoms with E-state index < -0.39 is 0 Å². The fourth-order valence-electron chi connectivity index (χ4n) is 2.01. The zero-order chi connectivity index (χ0) is 13.8. The maximum atomic E-state index is 5.89. The molecule has 2 rings (SSSR count). The third kappa shape index (κ3) is 3.55. The topological polar surface area (TPSA) is 56.7 Å². The molecule has 1 heterocycles. The highest BCUT2D eigenvalue weighted by Crippen LogP contribution is 2.14. The first-order chi connectivity index (χ1) is 9.10. The Morgan fingerprint density at radius 1 is 1.16 bits per heavy atom. The van der Waals surface area contributed by atoms with Crippen molar-refractivity contribution in [1.29, 1.82) is 0 Å². The second-order valence-electron chi connectivity index (χ2n) is 5.04. The molecule has 0 aliphatic heterocycles. The normalized spacial score (nSPS) is 11.2. The number of halogens is 1. The second-order valence-corrected chi connectivity index (χ2v) is 5.48. The van der Waals surface area contributed by atoms with Crippen molar-refractivity contribution >= 4 is 11.6 Å². The van der Waals surface area contributed by atoms with Crippen LogP contribution in [-0.4, -0.2) is 14.8 Å². The van der Waals surface area contributed by atoms with E-state index in [1.807, 2.05) is 24.3 Å². The van der Waals surface area contributed by atoms with Crippen LogP contribution in [0.4, 0.5) is 0 Å². The minimum Gasteiger partial charge on any atom is -0.324 e. The lowest BCUT2D eigenvalue weighted by Crippen LogP contribution is -2.14. The van der Waals surface area contributed by atoms with Crippen LogP contribution in [-0.2, 0) is 19.5 Å². The van der Waals surface area contributed by atoms with Gasteiger partial charge in [0.15, 0.2) is 0 Å². The van der Waals surface area contributed by atoms with Gasteiger partial charge >= 0.3 is 0 Å². The minimum absolute atomic E-state index is 0.417. The first-order valence-electron chi connectivity index (χ1n) is 6.45. The van der Waals surface area contributed by atoms with Crippen LogP contribution >= 0.6 is 11.6 Å². The average molecular weight is 279 g/mol. The van der Waals surface area contributed by atoms with Crippen LogP contribution in [0, 0.1) is 5.92 Å². The lowest BCUT2D eigenvalue weighted by molar-refractivity contribution is 0.495. The molecule has 19 heavy (non-hydrogen) atoms. The van der Waals surface area contributed by atoms with E-state index in [4.69, 9.17) is 17.3 Å². The van der Waals surface area contributed by atoms with Crippen LogP contribution in [0.15, 0.2) is 24.3 Å². The summed E-state index contributed by atoms with van der Waals surface area (Å²) in [6.45, 7) is 5.65. The predicted molar refractivity (Wildman–Crippen MR) is 77.0 cm³/mol. The van der Waals surface area contributed by atoms with E-state index in [1.165, 1.54) is 5.56 Å². The quantitative estimate of drug-likeness (QED) is 0.915. The van der Waals surface area contributed by atoms with Crippen molar-refractivity contribution in [2.45, 2.75) is 33.4 Å². The molecule has 0 atom stereocenters. The van der Waals surface area contributed by atoms with Crippen molar-refractivity contribution in [2.24, 2.45) is 11.7 Å². The molecule has 0 aliphatic carbocycles. The van der Waals surface area contributed by atoms with Crippen molar-refractivity contribution in [3.8, 4) is 0 Å². The standard InChI is InChI=1S/C14H19ClN4/c1-10(2)9-19-13(17-18-14(19)8-16)7-11-3-5-12(15)6-4-11/h3-6,10H,7-9,16H2,1-2H3. The monoisotopic (exact) mass is 278 g/mol. The summed E-state index contributed by atoms with van der Waals surface area (Å²) in [5.41, 5.74) is 6.88. The van der Waals surface area contributed by atoms with Crippen LogP contribution in [0.1, 0.15) is 31.1 Å². The van der Waals surface area contributed by atoms with Gasteiger partial charge in [-0.25, -0.2) is 0 Å². The van der Waals surface area contributed by atoms with Crippen molar-refractivity contribution < 1.29 is 0 Å². The fraction of sp³-hybridized carbons (Fsp3) is 0.429. The molecule has 0 saturated carbocycles. The Bertz CT molecular complexity index is 531. The molecule has 0 unspecified atom stereocenters. The predicted octanol–water partition coefficient (Wildman–Crippen LogP) is 2.64. The first kappa shape index (κ1) is 14.0. The summed E-state index contributed by atoms with van der Waals surface area (Å²) in [6, 6.07) is 7.81. The third-order valence-electron chi connectivity index (χ3n) is 2.91. The smallest absolute Gasteiger partial charge is 0.146 e. The SMILES string of the molecule is CC(C)Cn1c(CN)nnc1Cc1ccc(Cl)cc1. The maximum Gasteiger partial charge on any atom is 0.146 e. The van der Waals surface area contributed by atoms with Crippen molar-refractivity contribution in [3.63, 3.8) is 0 Å². The van der Waals surface area contributed by atoms with Gasteiger partial charge in [-0.2, -0.15) is 0 Å². The summed E-state index contributed by atoms with van der Waals surface area (Å²) in [5.74, 6) is 2.33. The van der Waals surface area contributed by atoms with E-state index in [0.717, 1.165) is 29.6 Å². The number of nitrogens with zero attached hydrogens (tertiary/aromatic N) is 3. The third-order valence-corrected chi connectivity index (χ3v) is 3.16. The van der Waals surface area contributed by atoms with Crippen LogP contribution < -0.4 is 5.73 Å². The molecule has 0 aliphatic rings. The summed E-state index contributed by atoms with van der Waals surface area (Å²) in [6.07, 6.45) is 0.747. The van der Waals surface area contributed by atoms with Gasteiger partial charge < -0.3 is 10.3 Å². The molecular weight excluding hydrogens is 260 g/mol. The minimum atomic E-state index is 0.417. The van der Waals surface area contributed by atoms with Gasteiger partial charge in [0.1, 0.15) is 11.6 Å². The van der Waals surface area contributed by atoms with E-state index in [2.05, 4.69) is 28.6 Å². The molecular formula is C14H19ClN4. The lowest BCUT2D eigenvalue weighted by atomic mass is 10.1. The Morgan fingerprint density at radius 3 is 2.37 bits per heavy atom. The molecule has 0 saturated heterocycles. The molecule has 0 fully saturated rings. The summed E-state index contributed by atoms with van der Waals surface area (Å²) < 4.78 is 2.12. The maximum absolute atomic E-state index is 5.89.